The van der Waals surface area contributed by atoms with Crippen LogP contribution < -0.4 is 5.73 Å². The molecule has 72 valence electrons. The second-order valence-corrected chi connectivity index (χ2v) is 3.58. The van der Waals surface area contributed by atoms with E-state index in [0.29, 0.717) is 3.57 Å². The van der Waals surface area contributed by atoms with Gasteiger partial charge in [-0.25, -0.2) is 0 Å². The highest BCUT2D eigenvalue weighted by atomic mass is 127. The lowest BCUT2D eigenvalue weighted by molar-refractivity contribution is -0.149. The van der Waals surface area contributed by atoms with E-state index in [-0.39, 0.29) is 5.56 Å². The first-order valence-corrected chi connectivity index (χ1v) is 4.42. The van der Waals surface area contributed by atoms with Crippen molar-refractivity contribution in [2.24, 2.45) is 5.73 Å². The van der Waals surface area contributed by atoms with E-state index in [0.717, 1.165) is 6.20 Å². The summed E-state index contributed by atoms with van der Waals surface area (Å²) in [7, 11) is 0. The molecule has 1 rings (SSSR count). The molecule has 1 unspecified atom stereocenters. The van der Waals surface area contributed by atoms with Crippen molar-refractivity contribution in [1.29, 1.82) is 0 Å². The molecule has 0 fully saturated rings. The zero-order chi connectivity index (χ0) is 10.1. The molecule has 6 heteroatoms. The Morgan fingerprint density at radius 2 is 2.08 bits per heavy atom. The molecular weight excluding hydrogens is 296 g/mol. The Bertz CT molecular complexity index is 300. The molecule has 1 atom stereocenters. The summed E-state index contributed by atoms with van der Waals surface area (Å²) in [4.78, 5) is 3.60. The molecule has 0 aliphatic rings. The monoisotopic (exact) mass is 302 g/mol. The van der Waals surface area contributed by atoms with Crippen molar-refractivity contribution in [3.05, 3.63) is 27.6 Å². The number of hydrogen-bond donors (Lipinski definition) is 1. The van der Waals surface area contributed by atoms with Crippen LogP contribution in [0.4, 0.5) is 13.2 Å². The van der Waals surface area contributed by atoms with Crippen molar-refractivity contribution in [1.82, 2.24) is 4.98 Å². The molecule has 0 aromatic carbocycles. The van der Waals surface area contributed by atoms with Crippen LogP contribution in [-0.2, 0) is 0 Å². The van der Waals surface area contributed by atoms with Gasteiger partial charge in [0, 0.05) is 21.5 Å². The Morgan fingerprint density at radius 3 is 2.54 bits per heavy atom. The Morgan fingerprint density at radius 1 is 1.46 bits per heavy atom. The van der Waals surface area contributed by atoms with Crippen molar-refractivity contribution in [3.8, 4) is 0 Å². The van der Waals surface area contributed by atoms with Gasteiger partial charge in [-0.05, 0) is 28.7 Å². The summed E-state index contributed by atoms with van der Waals surface area (Å²) in [5.41, 5.74) is 5.01. The summed E-state index contributed by atoms with van der Waals surface area (Å²) in [6.45, 7) is 0. The van der Waals surface area contributed by atoms with Gasteiger partial charge in [0.1, 0.15) is 6.04 Å². The average molecular weight is 302 g/mol. The van der Waals surface area contributed by atoms with E-state index in [1.54, 1.807) is 22.6 Å². The van der Waals surface area contributed by atoms with Crippen LogP contribution in [0.15, 0.2) is 18.5 Å². The van der Waals surface area contributed by atoms with E-state index < -0.39 is 12.2 Å². The lowest BCUT2D eigenvalue weighted by atomic mass is 10.1. The van der Waals surface area contributed by atoms with Crippen LogP contribution in [0.3, 0.4) is 0 Å². The topological polar surface area (TPSA) is 38.9 Å². The number of halogens is 4. The predicted molar refractivity (Wildman–Crippen MR) is 49.9 cm³/mol. The number of pyridine rings is 1. The number of alkyl halides is 3. The molecule has 2 nitrogen and oxygen atoms in total. The van der Waals surface area contributed by atoms with Gasteiger partial charge in [0.05, 0.1) is 0 Å². The van der Waals surface area contributed by atoms with Gasteiger partial charge in [-0.2, -0.15) is 13.2 Å². The highest BCUT2D eigenvalue weighted by Gasteiger charge is 2.38. The molecule has 13 heavy (non-hydrogen) atoms. The molecule has 0 aliphatic heterocycles. The number of rotatable bonds is 1. The fraction of sp³-hybridized carbons (Fsp3) is 0.286. The van der Waals surface area contributed by atoms with Crippen molar-refractivity contribution in [2.75, 3.05) is 0 Å². The molecule has 0 aliphatic carbocycles. The molecule has 0 saturated carbocycles. The fourth-order valence-corrected chi connectivity index (χ4v) is 1.43. The molecule has 0 spiro atoms. The maximum atomic E-state index is 12.2. The van der Waals surface area contributed by atoms with Gasteiger partial charge < -0.3 is 5.73 Å². The smallest absolute Gasteiger partial charge is 0.316 e. The van der Waals surface area contributed by atoms with Gasteiger partial charge in [0.15, 0.2) is 0 Å². The van der Waals surface area contributed by atoms with Crippen molar-refractivity contribution in [2.45, 2.75) is 12.2 Å². The van der Waals surface area contributed by atoms with Gasteiger partial charge in [0.2, 0.25) is 0 Å². The minimum atomic E-state index is -4.41. The van der Waals surface area contributed by atoms with Gasteiger partial charge in [-0.3, -0.25) is 4.98 Å². The zero-order valence-electron chi connectivity index (χ0n) is 6.35. The maximum Gasteiger partial charge on any atom is 0.407 e. The summed E-state index contributed by atoms with van der Waals surface area (Å²) >= 11 is 1.80. The lowest BCUT2D eigenvalue weighted by Gasteiger charge is -2.16. The normalized spacial score (nSPS) is 14.2. The van der Waals surface area contributed by atoms with Crippen LogP contribution in [0.1, 0.15) is 11.6 Å². The molecule has 1 aromatic rings. The average Bonchev–Trinajstić information content (AvgIpc) is 2.02. The molecule has 0 amide bonds. The fourth-order valence-electron chi connectivity index (χ4n) is 0.795. The second-order valence-electron chi connectivity index (χ2n) is 2.42. The van der Waals surface area contributed by atoms with Gasteiger partial charge in [0.25, 0.3) is 0 Å². The van der Waals surface area contributed by atoms with E-state index in [9.17, 15) is 13.2 Å². The van der Waals surface area contributed by atoms with Crippen molar-refractivity contribution < 1.29 is 13.2 Å². The molecule has 0 saturated heterocycles. The minimum absolute atomic E-state index is 0.00981. The van der Waals surface area contributed by atoms with Gasteiger partial charge in [-0.1, -0.05) is 0 Å². The van der Waals surface area contributed by atoms with E-state index >= 15 is 0 Å². The molecule has 0 bridgehead atoms. The largest absolute Gasteiger partial charge is 0.407 e. The Labute approximate surface area is 86.5 Å². The maximum absolute atomic E-state index is 12.2. The number of aromatic nitrogens is 1. The third-order valence-electron chi connectivity index (χ3n) is 1.48. The van der Waals surface area contributed by atoms with Crippen LogP contribution >= 0.6 is 22.6 Å². The van der Waals surface area contributed by atoms with Crippen molar-refractivity contribution in [3.63, 3.8) is 0 Å². The van der Waals surface area contributed by atoms with E-state index in [1.165, 1.54) is 12.3 Å². The summed E-state index contributed by atoms with van der Waals surface area (Å²) < 4.78 is 36.9. The van der Waals surface area contributed by atoms with Gasteiger partial charge in [-0.15, -0.1) is 0 Å². The Hall–Kier alpha value is -0.370. The van der Waals surface area contributed by atoms with E-state index in [4.69, 9.17) is 5.73 Å². The van der Waals surface area contributed by atoms with Gasteiger partial charge >= 0.3 is 6.18 Å². The van der Waals surface area contributed by atoms with Crippen LogP contribution in [0.2, 0.25) is 0 Å². The molecule has 2 N–H and O–H groups in total. The number of nitrogens with zero attached hydrogens (tertiary/aromatic N) is 1. The quantitative estimate of drug-likeness (QED) is 0.808. The number of hydrogen-bond acceptors (Lipinski definition) is 2. The zero-order valence-corrected chi connectivity index (χ0v) is 8.50. The molecule has 1 heterocycles. The summed E-state index contributed by atoms with van der Waals surface area (Å²) in [5.74, 6) is 0. The van der Waals surface area contributed by atoms with Crippen LogP contribution in [-0.4, -0.2) is 11.2 Å². The first kappa shape index (κ1) is 10.7. The van der Waals surface area contributed by atoms with Crippen LogP contribution in [0.25, 0.3) is 0 Å². The second kappa shape index (κ2) is 3.79. The first-order chi connectivity index (χ1) is 5.93. The molecule has 0 radical (unpaired) electrons. The Balaban J connectivity index is 3.02. The highest BCUT2D eigenvalue weighted by molar-refractivity contribution is 14.1. The van der Waals surface area contributed by atoms with Crippen LogP contribution in [0.5, 0.6) is 0 Å². The van der Waals surface area contributed by atoms with E-state index in [1.807, 2.05) is 0 Å². The standard InChI is InChI=1S/C7H6F3IN2/c8-7(9,10)6(12)4-3-13-2-1-5(4)11/h1-3,6H,12H2. The summed E-state index contributed by atoms with van der Waals surface area (Å²) in [6.07, 6.45) is -1.85. The predicted octanol–water partition coefficient (Wildman–Crippen LogP) is 2.25. The third-order valence-corrected chi connectivity index (χ3v) is 2.47. The van der Waals surface area contributed by atoms with Crippen molar-refractivity contribution >= 4 is 22.6 Å². The summed E-state index contributed by atoms with van der Waals surface area (Å²) in [6, 6.07) is -0.463. The SMILES string of the molecule is NC(c1cnccc1I)C(F)(F)F. The Kier molecular flexibility index (Phi) is 3.12. The van der Waals surface area contributed by atoms with Crippen LogP contribution in [0, 0.1) is 3.57 Å². The summed E-state index contributed by atoms with van der Waals surface area (Å²) in [5, 5.41) is 0. The molecule has 1 aromatic heterocycles. The molecular formula is C7H6F3IN2. The van der Waals surface area contributed by atoms with E-state index in [2.05, 4.69) is 4.98 Å². The first-order valence-electron chi connectivity index (χ1n) is 3.34. The number of nitrogens with two attached hydrogens (primary N) is 1. The minimum Gasteiger partial charge on any atom is -0.316 e. The lowest BCUT2D eigenvalue weighted by Crippen LogP contribution is -2.29. The highest BCUT2D eigenvalue weighted by Crippen LogP contribution is 2.31. The third kappa shape index (κ3) is 2.53.